The molecular formula is C13H20N2S. The highest BCUT2D eigenvalue weighted by molar-refractivity contribution is 7.11. The second kappa shape index (κ2) is 5.11. The maximum Gasteiger partial charge on any atom is 0.110 e. The van der Waals surface area contributed by atoms with Crippen LogP contribution in [0.2, 0.25) is 0 Å². The Morgan fingerprint density at radius 3 is 3.00 bits per heavy atom. The Morgan fingerprint density at radius 1 is 1.50 bits per heavy atom. The highest BCUT2D eigenvalue weighted by atomic mass is 32.1. The lowest BCUT2D eigenvalue weighted by atomic mass is 10.2. The predicted molar refractivity (Wildman–Crippen MR) is 70.0 cm³/mol. The summed E-state index contributed by atoms with van der Waals surface area (Å²) < 4.78 is 0. The van der Waals surface area contributed by atoms with Crippen molar-refractivity contribution < 1.29 is 0 Å². The van der Waals surface area contributed by atoms with E-state index in [9.17, 15) is 0 Å². The minimum absolute atomic E-state index is 0.366. The van der Waals surface area contributed by atoms with Gasteiger partial charge in [0.2, 0.25) is 0 Å². The van der Waals surface area contributed by atoms with Crippen molar-refractivity contribution >= 4 is 11.3 Å². The Hall–Kier alpha value is -0.670. The van der Waals surface area contributed by atoms with Crippen LogP contribution in [0.1, 0.15) is 48.3 Å². The van der Waals surface area contributed by atoms with E-state index in [-0.39, 0.29) is 0 Å². The van der Waals surface area contributed by atoms with Crippen molar-refractivity contribution in [2.24, 2.45) is 0 Å². The standard InChI is InChI=1S/C13H20N2S/c1-4-6-9(2)14-10(3)13-15-11-7-5-8-12(11)16-13/h4,9-10,14H,1,5-8H2,2-3H3. The molecule has 1 aromatic rings. The summed E-state index contributed by atoms with van der Waals surface area (Å²) in [7, 11) is 0. The van der Waals surface area contributed by atoms with E-state index in [4.69, 9.17) is 4.98 Å². The van der Waals surface area contributed by atoms with Crippen LogP contribution < -0.4 is 5.32 Å². The lowest BCUT2D eigenvalue weighted by molar-refractivity contribution is 0.480. The summed E-state index contributed by atoms with van der Waals surface area (Å²) in [5, 5.41) is 4.81. The number of nitrogens with zero attached hydrogens (tertiary/aromatic N) is 1. The number of fused-ring (bicyclic) bond motifs is 1. The number of rotatable bonds is 5. The molecule has 0 fully saturated rings. The molecule has 1 aromatic heterocycles. The number of aromatic nitrogens is 1. The fourth-order valence-electron chi connectivity index (χ4n) is 2.21. The van der Waals surface area contributed by atoms with Gasteiger partial charge in [0.05, 0.1) is 11.7 Å². The summed E-state index contributed by atoms with van der Waals surface area (Å²) in [4.78, 5) is 6.25. The van der Waals surface area contributed by atoms with Gasteiger partial charge in [-0.15, -0.1) is 17.9 Å². The first-order valence-electron chi connectivity index (χ1n) is 6.06. The average Bonchev–Trinajstić information content (AvgIpc) is 2.76. The van der Waals surface area contributed by atoms with Gasteiger partial charge in [-0.2, -0.15) is 0 Å². The van der Waals surface area contributed by atoms with Crippen LogP contribution in [0.15, 0.2) is 12.7 Å². The minimum atomic E-state index is 0.366. The summed E-state index contributed by atoms with van der Waals surface area (Å²) in [5.74, 6) is 0. The van der Waals surface area contributed by atoms with E-state index >= 15 is 0 Å². The molecule has 1 heterocycles. The van der Waals surface area contributed by atoms with Crippen LogP contribution >= 0.6 is 11.3 Å². The molecule has 2 unspecified atom stereocenters. The van der Waals surface area contributed by atoms with E-state index in [1.54, 1.807) is 0 Å². The van der Waals surface area contributed by atoms with Gasteiger partial charge in [0.1, 0.15) is 5.01 Å². The van der Waals surface area contributed by atoms with Gasteiger partial charge in [0.15, 0.2) is 0 Å². The molecule has 0 spiro atoms. The van der Waals surface area contributed by atoms with Gasteiger partial charge < -0.3 is 5.32 Å². The lowest BCUT2D eigenvalue weighted by Crippen LogP contribution is -2.28. The van der Waals surface area contributed by atoms with Crippen LogP contribution in [-0.4, -0.2) is 11.0 Å². The first kappa shape index (κ1) is 11.8. The van der Waals surface area contributed by atoms with Crippen molar-refractivity contribution in [1.82, 2.24) is 10.3 Å². The van der Waals surface area contributed by atoms with Gasteiger partial charge in [-0.1, -0.05) is 6.08 Å². The third-order valence-corrected chi connectivity index (χ3v) is 4.38. The summed E-state index contributed by atoms with van der Waals surface area (Å²) in [6.07, 6.45) is 6.69. The summed E-state index contributed by atoms with van der Waals surface area (Å²) in [5.41, 5.74) is 1.35. The van der Waals surface area contributed by atoms with E-state index in [1.807, 2.05) is 17.4 Å². The molecule has 0 radical (unpaired) electrons. The van der Waals surface area contributed by atoms with Crippen molar-refractivity contribution in [3.8, 4) is 0 Å². The molecular weight excluding hydrogens is 216 g/mol. The first-order valence-corrected chi connectivity index (χ1v) is 6.87. The van der Waals surface area contributed by atoms with Gasteiger partial charge in [0, 0.05) is 10.9 Å². The second-order valence-corrected chi connectivity index (χ2v) is 5.70. The maximum atomic E-state index is 4.73. The van der Waals surface area contributed by atoms with E-state index in [1.165, 1.54) is 34.8 Å². The average molecular weight is 236 g/mol. The topological polar surface area (TPSA) is 24.9 Å². The normalized spacial score (nSPS) is 18.1. The fraction of sp³-hybridized carbons (Fsp3) is 0.615. The molecule has 0 aromatic carbocycles. The van der Waals surface area contributed by atoms with E-state index in [0.29, 0.717) is 12.1 Å². The Labute approximate surface area is 102 Å². The van der Waals surface area contributed by atoms with Gasteiger partial charge in [-0.25, -0.2) is 4.98 Å². The predicted octanol–water partition coefficient (Wildman–Crippen LogP) is 3.25. The number of nitrogens with one attached hydrogen (secondary N) is 1. The molecule has 2 atom stereocenters. The molecule has 0 aliphatic heterocycles. The van der Waals surface area contributed by atoms with E-state index in [0.717, 1.165) is 6.42 Å². The Morgan fingerprint density at radius 2 is 2.31 bits per heavy atom. The molecule has 88 valence electrons. The van der Waals surface area contributed by atoms with Gasteiger partial charge >= 0.3 is 0 Å². The van der Waals surface area contributed by atoms with Crippen LogP contribution in [0.5, 0.6) is 0 Å². The third-order valence-electron chi connectivity index (χ3n) is 3.04. The molecule has 2 nitrogen and oxygen atoms in total. The second-order valence-electron chi connectivity index (χ2n) is 4.59. The van der Waals surface area contributed by atoms with E-state index < -0.39 is 0 Å². The first-order chi connectivity index (χ1) is 7.70. The molecule has 0 bridgehead atoms. The minimum Gasteiger partial charge on any atom is -0.305 e. The molecule has 0 amide bonds. The lowest BCUT2D eigenvalue weighted by Gasteiger charge is -2.16. The molecule has 0 saturated heterocycles. The number of hydrogen-bond donors (Lipinski definition) is 1. The van der Waals surface area contributed by atoms with Crippen LogP contribution in [0.25, 0.3) is 0 Å². The zero-order valence-electron chi connectivity index (χ0n) is 10.1. The summed E-state index contributed by atoms with van der Waals surface area (Å²) in [6.45, 7) is 8.16. The summed E-state index contributed by atoms with van der Waals surface area (Å²) >= 11 is 1.89. The van der Waals surface area contributed by atoms with Gasteiger partial charge in [-0.3, -0.25) is 0 Å². The molecule has 16 heavy (non-hydrogen) atoms. The van der Waals surface area contributed by atoms with Gasteiger partial charge in [0.25, 0.3) is 0 Å². The maximum absolute atomic E-state index is 4.73. The number of aryl methyl sites for hydroxylation is 2. The highest BCUT2D eigenvalue weighted by Crippen LogP contribution is 2.30. The molecule has 1 aliphatic rings. The highest BCUT2D eigenvalue weighted by Gasteiger charge is 2.20. The molecule has 0 saturated carbocycles. The molecule has 2 rings (SSSR count). The largest absolute Gasteiger partial charge is 0.305 e. The molecule has 1 aliphatic carbocycles. The van der Waals surface area contributed by atoms with Crippen molar-refractivity contribution in [1.29, 1.82) is 0 Å². The van der Waals surface area contributed by atoms with Crippen LogP contribution in [0.4, 0.5) is 0 Å². The zero-order valence-corrected chi connectivity index (χ0v) is 10.9. The van der Waals surface area contributed by atoms with Crippen molar-refractivity contribution in [2.75, 3.05) is 0 Å². The van der Waals surface area contributed by atoms with Crippen molar-refractivity contribution in [3.05, 3.63) is 28.2 Å². The van der Waals surface area contributed by atoms with E-state index in [2.05, 4.69) is 25.7 Å². The Kier molecular flexibility index (Phi) is 3.77. The van der Waals surface area contributed by atoms with Crippen LogP contribution in [0.3, 0.4) is 0 Å². The number of hydrogen-bond acceptors (Lipinski definition) is 3. The van der Waals surface area contributed by atoms with Crippen molar-refractivity contribution in [3.63, 3.8) is 0 Å². The molecule has 1 N–H and O–H groups in total. The van der Waals surface area contributed by atoms with Crippen molar-refractivity contribution in [2.45, 2.75) is 51.6 Å². The SMILES string of the molecule is C=CCC(C)NC(C)c1nc2c(s1)CCC2. The summed E-state index contributed by atoms with van der Waals surface area (Å²) in [6, 6.07) is 0.844. The Bertz CT molecular complexity index is 349. The van der Waals surface area contributed by atoms with Gasteiger partial charge in [-0.05, 0) is 39.5 Å². The Balaban J connectivity index is 1.98. The fourth-order valence-corrected chi connectivity index (χ4v) is 3.38. The smallest absolute Gasteiger partial charge is 0.110 e. The molecule has 3 heteroatoms. The quantitative estimate of drug-likeness (QED) is 0.794. The zero-order chi connectivity index (χ0) is 11.5. The number of thiazole rings is 1. The van der Waals surface area contributed by atoms with Crippen LogP contribution in [-0.2, 0) is 12.8 Å². The van der Waals surface area contributed by atoms with Crippen LogP contribution in [0, 0.1) is 0 Å². The third kappa shape index (κ3) is 2.53. The monoisotopic (exact) mass is 236 g/mol.